The maximum Gasteiger partial charge on any atom is 0.416 e. The van der Waals surface area contributed by atoms with Crippen LogP contribution in [0.2, 0.25) is 0 Å². The second kappa shape index (κ2) is 10.1. The predicted octanol–water partition coefficient (Wildman–Crippen LogP) is 4.90. The van der Waals surface area contributed by atoms with Crippen LogP contribution in [0.4, 0.5) is 18.9 Å². The van der Waals surface area contributed by atoms with E-state index in [1.807, 2.05) is 0 Å². The Hall–Kier alpha value is -3.95. The number of nitrogens with one attached hydrogen (secondary N) is 1. The summed E-state index contributed by atoms with van der Waals surface area (Å²) in [6.07, 6.45) is -5.51. The van der Waals surface area contributed by atoms with Crippen molar-refractivity contribution in [3.05, 3.63) is 90.0 Å². The lowest BCUT2D eigenvalue weighted by molar-refractivity contribution is -0.137. The molecular weight excluding hydrogens is 461 g/mol. The number of halogens is 3. The number of nitrogens with zero attached hydrogens (tertiary/aromatic N) is 1. The molecule has 1 amide bonds. The number of pyridine rings is 1. The zero-order chi connectivity index (χ0) is 25.0. The van der Waals surface area contributed by atoms with Crippen LogP contribution in [0, 0.1) is 0 Å². The molecule has 4 rings (SSSR count). The molecule has 180 valence electrons. The molecule has 1 atom stereocenters. The van der Waals surface area contributed by atoms with Gasteiger partial charge in [0.2, 0.25) is 0 Å². The standard InChI is InChI=1S/C26H21F3N2O4/c27-26(28,29)18-6-1-5-17(12-18)23-11-10-16-4-2-9-22(24(16)31-23)25(34)30-19-7-3-8-21(13-19)35-15-20(33)14-32/h1-13,20,32-33H,14-15H2,(H,30,34)/t20-/m0/s1. The highest BCUT2D eigenvalue weighted by atomic mass is 19.4. The summed E-state index contributed by atoms with van der Waals surface area (Å²) in [6.45, 7) is -0.549. The third-order valence-electron chi connectivity index (χ3n) is 5.20. The molecular formula is C26H21F3N2O4. The van der Waals surface area contributed by atoms with E-state index >= 15 is 0 Å². The number of hydrogen-bond acceptors (Lipinski definition) is 5. The summed E-state index contributed by atoms with van der Waals surface area (Å²) in [6, 6.07) is 19.7. The fourth-order valence-electron chi connectivity index (χ4n) is 3.45. The molecule has 35 heavy (non-hydrogen) atoms. The van der Waals surface area contributed by atoms with Crippen molar-refractivity contribution in [1.29, 1.82) is 0 Å². The number of benzene rings is 3. The van der Waals surface area contributed by atoms with Crippen LogP contribution in [0.15, 0.2) is 78.9 Å². The summed E-state index contributed by atoms with van der Waals surface area (Å²) in [5.74, 6) is -0.0741. The first-order valence-corrected chi connectivity index (χ1v) is 10.6. The van der Waals surface area contributed by atoms with E-state index in [1.165, 1.54) is 12.1 Å². The number of aliphatic hydroxyl groups is 2. The number of ether oxygens (including phenoxy) is 1. The molecule has 0 saturated carbocycles. The zero-order valence-corrected chi connectivity index (χ0v) is 18.3. The minimum absolute atomic E-state index is 0.112. The van der Waals surface area contributed by atoms with Gasteiger partial charge in [-0.3, -0.25) is 4.79 Å². The monoisotopic (exact) mass is 482 g/mol. The molecule has 0 radical (unpaired) electrons. The lowest BCUT2D eigenvalue weighted by atomic mass is 10.0. The lowest BCUT2D eigenvalue weighted by Crippen LogP contribution is -2.21. The first kappa shape index (κ1) is 24.2. The van der Waals surface area contributed by atoms with Crippen molar-refractivity contribution in [3.8, 4) is 17.0 Å². The highest BCUT2D eigenvalue weighted by molar-refractivity contribution is 6.12. The first-order chi connectivity index (χ1) is 16.7. The summed E-state index contributed by atoms with van der Waals surface area (Å²) in [4.78, 5) is 17.6. The molecule has 9 heteroatoms. The Bertz CT molecular complexity index is 1360. The minimum atomic E-state index is -4.48. The Labute approximate surface area is 198 Å². The van der Waals surface area contributed by atoms with Gasteiger partial charge in [-0.2, -0.15) is 13.2 Å². The van der Waals surface area contributed by atoms with Crippen LogP contribution in [0.25, 0.3) is 22.2 Å². The van der Waals surface area contributed by atoms with Gasteiger partial charge in [0.05, 0.1) is 28.9 Å². The number of alkyl halides is 3. The van der Waals surface area contributed by atoms with Gasteiger partial charge < -0.3 is 20.3 Å². The Kier molecular flexibility index (Phi) is 6.99. The van der Waals surface area contributed by atoms with E-state index in [1.54, 1.807) is 54.6 Å². The van der Waals surface area contributed by atoms with Crippen molar-refractivity contribution in [3.63, 3.8) is 0 Å². The van der Waals surface area contributed by atoms with Gasteiger partial charge >= 0.3 is 6.18 Å². The Morgan fingerprint density at radius 3 is 2.54 bits per heavy atom. The summed E-state index contributed by atoms with van der Waals surface area (Å²) < 4.78 is 44.8. The smallest absolute Gasteiger partial charge is 0.416 e. The third kappa shape index (κ3) is 5.76. The van der Waals surface area contributed by atoms with Crippen molar-refractivity contribution < 1.29 is 32.9 Å². The SMILES string of the molecule is O=C(Nc1cccc(OC[C@@H](O)CO)c1)c1cccc2ccc(-c3cccc(C(F)(F)F)c3)nc12. The molecule has 0 fully saturated rings. The lowest BCUT2D eigenvalue weighted by Gasteiger charge is -2.12. The largest absolute Gasteiger partial charge is 0.491 e. The summed E-state index contributed by atoms with van der Waals surface area (Å²) in [5.41, 5.74) is 0.832. The van der Waals surface area contributed by atoms with Crippen LogP contribution in [0.1, 0.15) is 15.9 Å². The molecule has 0 aliphatic rings. The van der Waals surface area contributed by atoms with Crippen molar-refractivity contribution in [2.75, 3.05) is 18.5 Å². The van der Waals surface area contributed by atoms with E-state index in [4.69, 9.17) is 9.84 Å². The molecule has 0 aliphatic carbocycles. The fraction of sp³-hybridized carbons (Fsp3) is 0.154. The molecule has 0 aliphatic heterocycles. The molecule has 0 spiro atoms. The highest BCUT2D eigenvalue weighted by Crippen LogP contribution is 2.32. The number of aliphatic hydroxyl groups excluding tert-OH is 2. The summed E-state index contributed by atoms with van der Waals surface area (Å²) >= 11 is 0. The Balaban J connectivity index is 1.62. The van der Waals surface area contributed by atoms with E-state index in [9.17, 15) is 23.1 Å². The maximum atomic E-state index is 13.1. The summed E-state index contributed by atoms with van der Waals surface area (Å²) in [5, 5.41) is 21.7. The van der Waals surface area contributed by atoms with E-state index in [0.717, 1.165) is 12.1 Å². The van der Waals surface area contributed by atoms with Crippen molar-refractivity contribution in [1.82, 2.24) is 4.98 Å². The van der Waals surface area contributed by atoms with Gasteiger partial charge in [-0.15, -0.1) is 0 Å². The second-order valence-corrected chi connectivity index (χ2v) is 7.78. The van der Waals surface area contributed by atoms with E-state index in [2.05, 4.69) is 10.3 Å². The number of aromatic nitrogens is 1. The van der Waals surface area contributed by atoms with Crippen LogP contribution >= 0.6 is 0 Å². The van der Waals surface area contributed by atoms with Crippen molar-refractivity contribution in [2.24, 2.45) is 0 Å². The average molecular weight is 482 g/mol. The maximum absolute atomic E-state index is 13.1. The van der Waals surface area contributed by atoms with Gasteiger partial charge in [-0.05, 0) is 36.4 Å². The minimum Gasteiger partial charge on any atom is -0.491 e. The average Bonchev–Trinajstić information content (AvgIpc) is 2.86. The van der Waals surface area contributed by atoms with E-state index < -0.39 is 30.4 Å². The Morgan fingerprint density at radius 1 is 1.00 bits per heavy atom. The molecule has 1 aromatic heterocycles. The van der Waals surface area contributed by atoms with Crippen LogP contribution < -0.4 is 10.1 Å². The quantitative estimate of drug-likeness (QED) is 0.348. The van der Waals surface area contributed by atoms with Crippen LogP contribution in [-0.2, 0) is 6.18 Å². The Morgan fingerprint density at radius 2 is 1.77 bits per heavy atom. The number of amides is 1. The van der Waals surface area contributed by atoms with Crippen LogP contribution in [0.3, 0.4) is 0 Å². The van der Waals surface area contributed by atoms with Crippen molar-refractivity contribution >= 4 is 22.5 Å². The number of carbonyl (C=O) groups is 1. The molecule has 3 N–H and O–H groups in total. The summed E-state index contributed by atoms with van der Waals surface area (Å²) in [7, 11) is 0. The number of rotatable bonds is 7. The molecule has 4 aromatic rings. The molecule has 0 unspecified atom stereocenters. The van der Waals surface area contributed by atoms with Gasteiger partial charge in [0, 0.05) is 22.7 Å². The third-order valence-corrected chi connectivity index (χ3v) is 5.20. The van der Waals surface area contributed by atoms with Gasteiger partial charge in [0.25, 0.3) is 5.91 Å². The second-order valence-electron chi connectivity index (χ2n) is 7.78. The number of fused-ring (bicyclic) bond motifs is 1. The normalized spacial score (nSPS) is 12.4. The number of carbonyl (C=O) groups excluding carboxylic acids is 1. The first-order valence-electron chi connectivity index (χ1n) is 10.6. The predicted molar refractivity (Wildman–Crippen MR) is 125 cm³/mol. The molecule has 0 saturated heterocycles. The topological polar surface area (TPSA) is 91.7 Å². The van der Waals surface area contributed by atoms with Gasteiger partial charge in [-0.25, -0.2) is 4.98 Å². The number of para-hydroxylation sites is 1. The number of anilines is 1. The van der Waals surface area contributed by atoms with Gasteiger partial charge in [0.1, 0.15) is 18.5 Å². The van der Waals surface area contributed by atoms with Gasteiger partial charge in [0.15, 0.2) is 0 Å². The molecule has 6 nitrogen and oxygen atoms in total. The molecule has 3 aromatic carbocycles. The van der Waals surface area contributed by atoms with E-state index in [-0.39, 0.29) is 17.7 Å². The van der Waals surface area contributed by atoms with Crippen LogP contribution in [0.5, 0.6) is 5.75 Å². The van der Waals surface area contributed by atoms with E-state index in [0.29, 0.717) is 28.0 Å². The molecule has 1 heterocycles. The zero-order valence-electron chi connectivity index (χ0n) is 18.3. The van der Waals surface area contributed by atoms with Gasteiger partial charge in [-0.1, -0.05) is 36.4 Å². The number of hydrogen-bond donors (Lipinski definition) is 3. The van der Waals surface area contributed by atoms with Crippen molar-refractivity contribution in [2.45, 2.75) is 12.3 Å². The molecule has 0 bridgehead atoms. The fourth-order valence-corrected chi connectivity index (χ4v) is 3.45. The van der Waals surface area contributed by atoms with Crippen LogP contribution in [-0.4, -0.2) is 40.4 Å². The highest BCUT2D eigenvalue weighted by Gasteiger charge is 2.30.